The Kier molecular flexibility index (Phi) is 4.75. The molecule has 1 aliphatic rings. The van der Waals surface area contributed by atoms with Crippen LogP contribution in [-0.4, -0.2) is 18.5 Å². The number of nitrogens with one attached hydrogen (secondary N) is 2. The Balaban J connectivity index is 1.83. The molecule has 126 valence electrons. The zero-order valence-electron chi connectivity index (χ0n) is 12.9. The minimum Gasteiger partial charge on any atom is -0.376 e. The first-order chi connectivity index (χ1) is 11.5. The van der Waals surface area contributed by atoms with Crippen LogP contribution < -0.4 is 16.4 Å². The van der Waals surface area contributed by atoms with Crippen molar-refractivity contribution in [2.75, 3.05) is 17.2 Å². The van der Waals surface area contributed by atoms with Crippen LogP contribution >= 0.6 is 22.9 Å². The van der Waals surface area contributed by atoms with Crippen LogP contribution in [0.3, 0.4) is 0 Å². The van der Waals surface area contributed by atoms with E-state index in [0.717, 1.165) is 16.0 Å². The molecular formula is C16H16ClN3O3S. The van der Waals surface area contributed by atoms with Crippen LogP contribution in [0.25, 0.3) is 0 Å². The lowest BCUT2D eigenvalue weighted by atomic mass is 10.1. The molecule has 0 bridgehead atoms. The molecular weight excluding hydrogens is 350 g/mol. The van der Waals surface area contributed by atoms with Gasteiger partial charge < -0.3 is 15.8 Å². The molecule has 2 aromatic rings. The summed E-state index contributed by atoms with van der Waals surface area (Å²) < 4.78 is 5.39. The second-order valence-electron chi connectivity index (χ2n) is 5.37. The van der Waals surface area contributed by atoms with Crippen LogP contribution in [0.4, 0.5) is 15.5 Å². The van der Waals surface area contributed by atoms with E-state index in [-0.39, 0.29) is 0 Å². The van der Waals surface area contributed by atoms with Gasteiger partial charge in [0.2, 0.25) is 0 Å². The lowest BCUT2D eigenvalue weighted by molar-refractivity contribution is 0.0991. The second-order valence-corrected chi connectivity index (χ2v) is 6.88. The number of anilines is 2. The number of fused-ring (bicyclic) bond motifs is 1. The fraction of sp³-hybridized carbons (Fsp3) is 0.250. The van der Waals surface area contributed by atoms with Crippen LogP contribution in [0.1, 0.15) is 26.4 Å². The minimum absolute atomic E-state index is 0.372. The van der Waals surface area contributed by atoms with Crippen molar-refractivity contribution in [3.63, 3.8) is 0 Å². The van der Waals surface area contributed by atoms with Crippen LogP contribution in [-0.2, 0) is 17.8 Å². The first-order valence-electron chi connectivity index (χ1n) is 7.32. The highest BCUT2D eigenvalue weighted by atomic mass is 35.5. The van der Waals surface area contributed by atoms with Crippen LogP contribution in [0.15, 0.2) is 18.2 Å². The maximum absolute atomic E-state index is 12.3. The van der Waals surface area contributed by atoms with Crippen LogP contribution in [0, 0.1) is 6.92 Å². The lowest BCUT2D eigenvalue weighted by Gasteiger charge is -2.12. The largest absolute Gasteiger partial charge is 0.376 e. The molecule has 0 saturated carbocycles. The predicted octanol–water partition coefficient (Wildman–Crippen LogP) is 3.53. The number of amides is 3. The Morgan fingerprint density at radius 2 is 2.12 bits per heavy atom. The number of rotatable bonds is 3. The number of halogens is 1. The van der Waals surface area contributed by atoms with Gasteiger partial charge >= 0.3 is 6.03 Å². The normalized spacial score (nSPS) is 13.2. The summed E-state index contributed by atoms with van der Waals surface area (Å²) >= 11 is 7.36. The summed E-state index contributed by atoms with van der Waals surface area (Å²) in [6.07, 6.45) is 0.612. The molecule has 0 spiro atoms. The maximum Gasteiger partial charge on any atom is 0.324 e. The number of nitrogens with two attached hydrogens (primary N) is 1. The Morgan fingerprint density at radius 1 is 1.33 bits per heavy atom. The molecule has 2 heterocycles. The summed E-state index contributed by atoms with van der Waals surface area (Å²) in [4.78, 5) is 25.0. The molecule has 0 radical (unpaired) electrons. The SMILES string of the molecule is Cc1c(Cl)cccc1NC(=O)Nc1sc2c(c1C(N)=O)CCOC2. The molecule has 0 saturated heterocycles. The van der Waals surface area contributed by atoms with Crippen molar-refractivity contribution in [3.8, 4) is 0 Å². The maximum atomic E-state index is 12.3. The van der Waals surface area contributed by atoms with Crippen molar-refractivity contribution in [3.05, 3.63) is 44.8 Å². The summed E-state index contributed by atoms with van der Waals surface area (Å²) in [5.74, 6) is -0.552. The molecule has 0 atom stereocenters. The molecule has 1 aromatic carbocycles. The molecule has 8 heteroatoms. The highest BCUT2D eigenvalue weighted by molar-refractivity contribution is 7.17. The number of hydrogen-bond donors (Lipinski definition) is 3. The number of ether oxygens (including phenoxy) is 1. The van der Waals surface area contributed by atoms with Crippen molar-refractivity contribution in [2.45, 2.75) is 20.0 Å². The number of benzene rings is 1. The van der Waals surface area contributed by atoms with E-state index in [1.807, 2.05) is 6.92 Å². The predicted molar refractivity (Wildman–Crippen MR) is 95.0 cm³/mol. The number of carbonyl (C=O) groups excluding carboxylic acids is 2. The molecule has 0 fully saturated rings. The molecule has 24 heavy (non-hydrogen) atoms. The highest BCUT2D eigenvalue weighted by Gasteiger charge is 2.25. The van der Waals surface area contributed by atoms with Crippen molar-refractivity contribution in [1.29, 1.82) is 0 Å². The van der Waals surface area contributed by atoms with Gasteiger partial charge in [-0.1, -0.05) is 17.7 Å². The average Bonchev–Trinajstić information content (AvgIpc) is 2.89. The quantitative estimate of drug-likeness (QED) is 0.776. The first kappa shape index (κ1) is 16.8. The van der Waals surface area contributed by atoms with Gasteiger partial charge in [-0.05, 0) is 36.6 Å². The number of hydrogen-bond acceptors (Lipinski definition) is 4. The summed E-state index contributed by atoms with van der Waals surface area (Å²) in [6, 6.07) is 4.80. The Labute approximate surface area is 147 Å². The number of urea groups is 1. The van der Waals surface area contributed by atoms with E-state index in [9.17, 15) is 9.59 Å². The van der Waals surface area contributed by atoms with E-state index in [1.165, 1.54) is 11.3 Å². The van der Waals surface area contributed by atoms with Gasteiger partial charge in [0.1, 0.15) is 5.00 Å². The van der Waals surface area contributed by atoms with Gasteiger partial charge in [-0.3, -0.25) is 10.1 Å². The fourth-order valence-corrected chi connectivity index (χ4v) is 3.94. The zero-order valence-corrected chi connectivity index (χ0v) is 14.5. The van der Waals surface area contributed by atoms with Gasteiger partial charge in [0.25, 0.3) is 5.91 Å². The van der Waals surface area contributed by atoms with Gasteiger partial charge in [-0.2, -0.15) is 0 Å². The molecule has 3 amide bonds. The van der Waals surface area contributed by atoms with E-state index in [2.05, 4.69) is 10.6 Å². The van der Waals surface area contributed by atoms with Crippen LogP contribution in [0.5, 0.6) is 0 Å². The Bertz CT molecular complexity index is 819. The summed E-state index contributed by atoms with van der Waals surface area (Å²) in [6.45, 7) is 2.78. The van der Waals surface area contributed by atoms with E-state index < -0.39 is 11.9 Å². The number of carbonyl (C=O) groups is 2. The van der Waals surface area contributed by atoms with E-state index in [1.54, 1.807) is 18.2 Å². The van der Waals surface area contributed by atoms with Crippen molar-refractivity contribution >= 4 is 45.6 Å². The molecule has 6 nitrogen and oxygen atoms in total. The second kappa shape index (κ2) is 6.80. The molecule has 3 rings (SSSR count). The Hall–Kier alpha value is -2.09. The van der Waals surface area contributed by atoms with Gasteiger partial charge in [-0.25, -0.2) is 4.79 Å². The van der Waals surface area contributed by atoms with Crippen molar-refractivity contribution < 1.29 is 14.3 Å². The van der Waals surface area contributed by atoms with E-state index in [4.69, 9.17) is 22.1 Å². The molecule has 1 aromatic heterocycles. The lowest BCUT2D eigenvalue weighted by Crippen LogP contribution is -2.22. The smallest absolute Gasteiger partial charge is 0.324 e. The monoisotopic (exact) mass is 365 g/mol. The molecule has 4 N–H and O–H groups in total. The summed E-state index contributed by atoms with van der Waals surface area (Å²) in [5, 5.41) is 6.45. The number of thiophene rings is 1. The number of primary amides is 1. The molecule has 0 aliphatic carbocycles. The Morgan fingerprint density at radius 3 is 2.88 bits per heavy atom. The highest BCUT2D eigenvalue weighted by Crippen LogP contribution is 2.36. The minimum atomic E-state index is -0.552. The van der Waals surface area contributed by atoms with Gasteiger partial charge in [0.05, 0.1) is 18.8 Å². The van der Waals surface area contributed by atoms with E-state index >= 15 is 0 Å². The summed E-state index contributed by atoms with van der Waals surface area (Å²) in [7, 11) is 0. The topological polar surface area (TPSA) is 93.5 Å². The summed E-state index contributed by atoms with van der Waals surface area (Å²) in [5.41, 5.74) is 8.10. The third-order valence-corrected chi connectivity index (χ3v) is 5.34. The third kappa shape index (κ3) is 3.24. The molecule has 1 aliphatic heterocycles. The van der Waals surface area contributed by atoms with Crippen molar-refractivity contribution in [2.24, 2.45) is 5.73 Å². The van der Waals surface area contributed by atoms with Gasteiger partial charge in [0, 0.05) is 15.6 Å². The van der Waals surface area contributed by atoms with E-state index in [0.29, 0.717) is 40.9 Å². The zero-order chi connectivity index (χ0) is 17.3. The first-order valence-corrected chi connectivity index (χ1v) is 8.52. The van der Waals surface area contributed by atoms with Gasteiger partial charge in [-0.15, -0.1) is 11.3 Å². The standard InChI is InChI=1S/C16H16ClN3O3S/c1-8-10(17)3-2-4-11(8)19-16(22)20-15-13(14(18)21)9-5-6-23-7-12(9)24-15/h2-4H,5-7H2,1H3,(H2,18,21)(H2,19,20,22). The van der Waals surface area contributed by atoms with Crippen molar-refractivity contribution in [1.82, 2.24) is 0 Å². The fourth-order valence-electron chi connectivity index (χ4n) is 2.58. The third-order valence-electron chi connectivity index (χ3n) is 3.81. The average molecular weight is 366 g/mol. The molecule has 0 unspecified atom stereocenters. The van der Waals surface area contributed by atoms with Crippen LogP contribution in [0.2, 0.25) is 5.02 Å². The van der Waals surface area contributed by atoms with Gasteiger partial charge in [0.15, 0.2) is 0 Å².